The van der Waals surface area contributed by atoms with Gasteiger partial charge in [-0.15, -0.1) is 36.3 Å². The molecule has 0 aliphatic carbocycles. The van der Waals surface area contributed by atoms with Crippen molar-refractivity contribution in [1.29, 1.82) is 0 Å². The summed E-state index contributed by atoms with van der Waals surface area (Å²) in [5, 5.41) is 15.1. The Hall–Kier alpha value is 0.330. The van der Waals surface area contributed by atoms with Gasteiger partial charge in [0.25, 0.3) is 0 Å². The van der Waals surface area contributed by atoms with E-state index in [9.17, 15) is 0 Å². The van der Waals surface area contributed by atoms with Crippen LogP contribution in [0.1, 0.15) is 122 Å². The van der Waals surface area contributed by atoms with Gasteiger partial charge in [-0.25, -0.2) is 12.1 Å². The van der Waals surface area contributed by atoms with Crippen molar-refractivity contribution in [3.8, 4) is 0 Å². The fourth-order valence-electron chi connectivity index (χ4n) is 2.71. The van der Waals surface area contributed by atoms with Crippen LogP contribution in [-0.4, -0.2) is 45.0 Å². The van der Waals surface area contributed by atoms with E-state index in [1.807, 2.05) is 0 Å². The van der Waals surface area contributed by atoms with Crippen molar-refractivity contribution >= 4 is 14.0 Å². The first-order valence-corrected chi connectivity index (χ1v) is 17.6. The molecule has 1 rings (SSSR count). The maximum Gasteiger partial charge on any atom is 4.00 e. The second-order valence-corrected chi connectivity index (χ2v) is 13.3. The molecule has 212 valence electrons. The minimum atomic E-state index is -0.480. The van der Waals surface area contributed by atoms with E-state index in [0.29, 0.717) is 36.3 Å². The van der Waals surface area contributed by atoms with Crippen molar-refractivity contribution in [3.63, 3.8) is 0 Å². The summed E-state index contributed by atoms with van der Waals surface area (Å²) in [5.41, 5.74) is 0. The molecule has 1 aromatic carbocycles. The molecule has 0 bridgehead atoms. The average Bonchev–Trinajstić information content (AvgIpc) is 3.40. The van der Waals surface area contributed by atoms with Crippen LogP contribution < -0.4 is 5.19 Å². The van der Waals surface area contributed by atoms with Gasteiger partial charge in [-0.3, -0.25) is 0 Å². The van der Waals surface area contributed by atoms with Crippen molar-refractivity contribution in [1.82, 2.24) is 0 Å². The first-order valence-electron chi connectivity index (χ1n) is 14.7. The van der Waals surface area contributed by atoms with Crippen molar-refractivity contribution < 1.29 is 26.2 Å². The summed E-state index contributed by atoms with van der Waals surface area (Å²) in [6, 6.07) is 12.0. The van der Waals surface area contributed by atoms with Crippen LogP contribution >= 0.6 is 0 Å². The number of rotatable bonds is 13. The maximum absolute atomic E-state index is 4.51. The van der Waals surface area contributed by atoms with Crippen LogP contribution in [0.15, 0.2) is 24.3 Å². The summed E-state index contributed by atoms with van der Waals surface area (Å²) in [6.45, 7) is 30.8. The van der Waals surface area contributed by atoms with Crippen molar-refractivity contribution in [2.45, 2.75) is 171 Å². The van der Waals surface area contributed by atoms with Crippen LogP contribution in [0.25, 0.3) is 16.0 Å². The summed E-state index contributed by atoms with van der Waals surface area (Å²) in [5.74, 6) is 0. The van der Waals surface area contributed by atoms with Crippen LogP contribution in [0.5, 0.6) is 0 Å². The Morgan fingerprint density at radius 2 is 0.694 bits per heavy atom. The van der Waals surface area contributed by atoms with E-state index >= 15 is 0 Å². The van der Waals surface area contributed by atoms with E-state index in [4.69, 9.17) is 0 Å². The first-order chi connectivity index (χ1) is 16.4. The van der Waals surface area contributed by atoms with Crippen molar-refractivity contribution in [2.24, 2.45) is 0 Å². The third kappa shape index (κ3) is 30.6. The summed E-state index contributed by atoms with van der Waals surface area (Å²) >= 11 is 0. The molecular weight excluding hydrogens is 534 g/mol. The Labute approximate surface area is 250 Å². The van der Waals surface area contributed by atoms with E-state index in [1.54, 1.807) is 5.19 Å². The SMILES string of the molecule is CCC(C)[N-]C(C)CC.CCC(C)[N-]C(C)CC.CCC(C)[N-]C(C)CC.C[SiH](C)[c-]1cccc1.[Zr+4]. The van der Waals surface area contributed by atoms with Gasteiger partial charge in [-0.2, -0.15) is 17.3 Å². The molecule has 0 spiro atoms. The third-order valence-corrected chi connectivity index (χ3v) is 8.15. The van der Waals surface area contributed by atoms with Crippen molar-refractivity contribution in [3.05, 3.63) is 40.2 Å². The molecule has 0 N–H and O–H groups in total. The minimum Gasteiger partial charge on any atom is -0.657 e. The zero-order valence-electron chi connectivity index (χ0n) is 26.9. The number of hydrogen-bond donors (Lipinski definition) is 0. The summed E-state index contributed by atoms with van der Waals surface area (Å²) in [6.07, 6.45) is 7.03. The summed E-state index contributed by atoms with van der Waals surface area (Å²) < 4.78 is 0. The van der Waals surface area contributed by atoms with Gasteiger partial charge in [0.05, 0.1) is 0 Å². The van der Waals surface area contributed by atoms with Gasteiger partial charge in [-0.05, 0) is 0 Å². The summed E-state index contributed by atoms with van der Waals surface area (Å²) in [4.78, 5) is 0. The first kappa shape index (κ1) is 43.4. The van der Waals surface area contributed by atoms with Gasteiger partial charge in [0.15, 0.2) is 0 Å². The van der Waals surface area contributed by atoms with Crippen molar-refractivity contribution in [2.75, 3.05) is 0 Å². The zero-order chi connectivity index (χ0) is 27.8. The molecule has 0 aliphatic rings. The Morgan fingerprint density at radius 1 is 0.500 bits per heavy atom. The molecule has 6 unspecified atom stereocenters. The standard InChI is InChI=1S/3C8H18N.C7H11Si.Zr/c3*1-5-7(3)9-8(4)6-2;1-8(2)7-5-3-4-6-7;/h3*7-8H,5-6H2,1-4H3;3-6,8H,1-2H3;/q4*-1;+4. The molecule has 0 saturated carbocycles. The minimum absolute atomic E-state index is 0. The molecule has 36 heavy (non-hydrogen) atoms. The predicted molar refractivity (Wildman–Crippen MR) is 169 cm³/mol. The second kappa shape index (κ2) is 29.9. The molecule has 1 aromatic rings. The van der Waals surface area contributed by atoms with E-state index in [-0.39, 0.29) is 26.2 Å². The second-order valence-electron chi connectivity index (χ2n) is 10.4. The van der Waals surface area contributed by atoms with E-state index < -0.39 is 8.80 Å². The molecule has 0 aliphatic heterocycles. The molecule has 5 heteroatoms. The van der Waals surface area contributed by atoms with Gasteiger partial charge in [0.1, 0.15) is 0 Å². The molecule has 0 saturated heterocycles. The molecule has 0 amide bonds. The predicted octanol–water partition coefficient (Wildman–Crippen LogP) is 9.97. The van der Waals surface area contributed by atoms with Crippen LogP contribution in [0.2, 0.25) is 13.1 Å². The summed E-state index contributed by atoms with van der Waals surface area (Å²) in [7, 11) is -0.480. The number of nitrogens with zero attached hydrogens (tertiary/aromatic N) is 3. The molecule has 0 aromatic heterocycles. The molecular formula is C31H65N3SiZr. The third-order valence-electron chi connectivity index (χ3n) is 6.43. The van der Waals surface area contributed by atoms with E-state index in [1.165, 1.54) is 38.5 Å². The van der Waals surface area contributed by atoms with Crippen LogP contribution in [0.4, 0.5) is 0 Å². The van der Waals surface area contributed by atoms with Gasteiger partial charge in [0, 0.05) is 8.80 Å². The van der Waals surface area contributed by atoms with Gasteiger partial charge in [0.2, 0.25) is 0 Å². The molecule has 0 fully saturated rings. The molecule has 3 nitrogen and oxygen atoms in total. The Bertz CT molecular complexity index is 443. The monoisotopic (exact) mass is 597 g/mol. The maximum atomic E-state index is 4.51. The Balaban J connectivity index is -0.000000188. The van der Waals surface area contributed by atoms with Gasteiger partial charge >= 0.3 is 26.2 Å². The van der Waals surface area contributed by atoms with Gasteiger partial charge in [-0.1, -0.05) is 135 Å². The van der Waals surface area contributed by atoms with Crippen LogP contribution in [0.3, 0.4) is 0 Å². The van der Waals surface area contributed by atoms with E-state index in [0.717, 1.165) is 0 Å². The molecule has 6 atom stereocenters. The zero-order valence-corrected chi connectivity index (χ0v) is 30.5. The van der Waals surface area contributed by atoms with Gasteiger partial charge < -0.3 is 16.0 Å². The fourth-order valence-corrected chi connectivity index (χ4v) is 3.70. The number of hydrogen-bond acceptors (Lipinski definition) is 0. The fraction of sp³-hybridized carbons (Fsp3) is 0.839. The Morgan fingerprint density at radius 3 is 0.806 bits per heavy atom. The smallest absolute Gasteiger partial charge is 0.657 e. The quantitative estimate of drug-likeness (QED) is 0.160. The topological polar surface area (TPSA) is 42.3 Å². The Kier molecular flexibility index (Phi) is 36.0. The molecule has 0 radical (unpaired) electrons. The van der Waals surface area contributed by atoms with Crippen LogP contribution in [-0.2, 0) is 26.2 Å². The van der Waals surface area contributed by atoms with E-state index in [2.05, 4.69) is 136 Å². The van der Waals surface area contributed by atoms with Crippen LogP contribution in [0, 0.1) is 0 Å². The average molecular weight is 599 g/mol. The largest absolute Gasteiger partial charge is 4.00 e. The molecule has 0 heterocycles. The normalized spacial score (nSPS) is 15.3.